The molecule has 20 rings (SSSR count). The van der Waals surface area contributed by atoms with Crippen LogP contribution in [0.1, 0.15) is 210 Å². The summed E-state index contributed by atoms with van der Waals surface area (Å²) in [7, 11) is 0. The van der Waals surface area contributed by atoms with Crippen molar-refractivity contribution < 1.29 is 81.4 Å². The zero-order chi connectivity index (χ0) is 104. The molecule has 10 heterocycles. The molecule has 0 amide bonds. The number of carbonyl (C=O) groups excluding carboxylic acids is 5. The Hall–Kier alpha value is -14.1. The van der Waals surface area contributed by atoms with Crippen LogP contribution in [0.15, 0.2) is 171 Å². The predicted octanol–water partition coefficient (Wildman–Crippen LogP) is 18.3. The number of ketones is 5. The molecular weight excluding hydrogens is 1950 g/mol. The van der Waals surface area contributed by atoms with Crippen LogP contribution in [0.5, 0.6) is 5.88 Å². The number of halogens is 14. The molecule has 5 saturated carbocycles. The Kier molecular flexibility index (Phi) is 29.7. The SMILES string of the molecule is C#CCOc1cnc(C(=O)Cc2cc(F)c(F)c([C@@]3(CF)N=C(N)C[C@H]4C[C@H]43)c2)cn1.CC[C@]12C[C@H]1[C@@](C)(c1cc(CC(=O)c3ccc(Cl)cn3)cc(F)c1F)N=C(N)S2.C[C@]1(c2cc(CC(=O)c3ccc(Cl)cn3)cc(F)c2F)N=C(N)C[C@H]2C[C@H]21.Cc1cc(C#N)cnc1C(=O)Cc1cc(F)c(F)c([C@@]2(CF)N=C(N)C[C@H]3C[C@H]32)c1.N#Cc1ccc(C(=O)Cc2ccc(F)c([C@@]3(CF)N=C(N)C[C@H]4C[C@H]43)c2)nc1. The molecule has 145 heavy (non-hydrogen) atoms. The molecule has 5 fully saturated rings. The van der Waals surface area contributed by atoms with E-state index in [1.54, 1.807) is 32.9 Å². The number of benzene rings is 5. The first kappa shape index (κ1) is 104. The molecule has 0 radical (unpaired) electrons. The Bertz CT molecular complexity index is 7180. The summed E-state index contributed by atoms with van der Waals surface area (Å²) >= 11 is 13.1. The van der Waals surface area contributed by atoms with Gasteiger partial charge in [0.2, 0.25) is 5.88 Å². The summed E-state index contributed by atoms with van der Waals surface area (Å²) in [4.78, 5) is 108. The number of nitrogens with two attached hydrogens (primary N) is 5. The molecule has 10 aromatic rings. The number of Topliss-reactive ketones (excluding diaryl/α,β-unsaturated/α-hetero) is 5. The molecule has 39 heteroatoms. The topological polar surface area (TPSA) is 411 Å². The van der Waals surface area contributed by atoms with Gasteiger partial charge in [0.15, 0.2) is 87.2 Å². The van der Waals surface area contributed by atoms with E-state index in [0.29, 0.717) is 105 Å². The number of nitriles is 2. The summed E-state index contributed by atoms with van der Waals surface area (Å²) in [6.07, 6.45) is 19.2. The van der Waals surface area contributed by atoms with Crippen molar-refractivity contribution in [3.8, 4) is 30.4 Å². The number of thioether (sulfide) groups is 1. The van der Waals surface area contributed by atoms with Crippen molar-refractivity contribution in [3.63, 3.8) is 0 Å². The van der Waals surface area contributed by atoms with Crippen molar-refractivity contribution in [2.24, 2.45) is 107 Å². The fourth-order valence-electron chi connectivity index (χ4n) is 21.0. The quantitative estimate of drug-likeness (QED) is 0.0191. The lowest BCUT2D eigenvalue weighted by Crippen LogP contribution is -2.38. The number of carbonyl (C=O) groups is 5. The van der Waals surface area contributed by atoms with E-state index in [-0.39, 0.29) is 193 Å². The zero-order valence-electron chi connectivity index (χ0n) is 78.4. The van der Waals surface area contributed by atoms with Crippen LogP contribution in [0.2, 0.25) is 10.0 Å². The van der Waals surface area contributed by atoms with E-state index >= 15 is 0 Å². The molecule has 0 spiro atoms. The maximum Gasteiger partial charge on any atom is 0.233 e. The summed E-state index contributed by atoms with van der Waals surface area (Å²) < 4.78 is 179. The van der Waals surface area contributed by atoms with E-state index in [4.69, 9.17) is 73.6 Å². The number of aromatic nitrogens is 6. The van der Waals surface area contributed by atoms with Gasteiger partial charge < -0.3 is 33.4 Å². The van der Waals surface area contributed by atoms with Crippen LogP contribution in [0.4, 0.5) is 52.7 Å². The highest BCUT2D eigenvalue weighted by Crippen LogP contribution is 2.68. The van der Waals surface area contributed by atoms with Crippen LogP contribution in [0.25, 0.3) is 0 Å². The Balaban J connectivity index is 0.000000130. The Morgan fingerprint density at radius 1 is 0.434 bits per heavy atom. The average Bonchev–Trinajstić information content (AvgIpc) is 1.53. The largest absolute Gasteiger partial charge is 0.463 e. The van der Waals surface area contributed by atoms with Crippen LogP contribution in [-0.2, 0) is 59.8 Å². The van der Waals surface area contributed by atoms with E-state index in [0.717, 1.165) is 49.9 Å². The number of alkyl halides is 3. The molecule has 10 aliphatic rings. The minimum atomic E-state index is -1.56. The zero-order valence-corrected chi connectivity index (χ0v) is 80.7. The molecule has 5 aliphatic carbocycles. The van der Waals surface area contributed by atoms with Gasteiger partial charge in [-0.15, -0.1) is 6.42 Å². The van der Waals surface area contributed by atoms with Gasteiger partial charge in [-0.1, -0.05) is 53.9 Å². The number of nitrogens with zero attached hydrogens (tertiary/aromatic N) is 13. The lowest BCUT2D eigenvalue weighted by molar-refractivity contribution is 0.0979. The lowest BCUT2D eigenvalue weighted by atomic mass is 9.82. The van der Waals surface area contributed by atoms with Gasteiger partial charge >= 0.3 is 0 Å². The maximum atomic E-state index is 14.9. The average molecular weight is 2050 g/mol. The second-order valence-corrected chi connectivity index (χ2v) is 40.7. The maximum absolute atomic E-state index is 14.9. The van der Waals surface area contributed by atoms with Gasteiger partial charge in [0, 0.05) is 121 Å². The summed E-state index contributed by atoms with van der Waals surface area (Å²) in [6.45, 7) is 4.46. The van der Waals surface area contributed by atoms with Gasteiger partial charge in [0.25, 0.3) is 0 Å². The summed E-state index contributed by atoms with van der Waals surface area (Å²) in [5.74, 6) is -6.68. The van der Waals surface area contributed by atoms with E-state index in [9.17, 15) is 76.7 Å². The highest BCUT2D eigenvalue weighted by molar-refractivity contribution is 8.15. The molecule has 0 unspecified atom stereocenters. The fourth-order valence-corrected chi connectivity index (χ4v) is 22.7. The Labute approximate surface area is 839 Å². The van der Waals surface area contributed by atoms with Gasteiger partial charge in [-0.25, -0.2) is 62.7 Å². The Morgan fingerprint density at radius 3 is 1.25 bits per heavy atom. The fraction of sp³-hybridized carbons (Fsp3) is 0.358. The first-order valence-corrected chi connectivity index (χ1v) is 48.0. The van der Waals surface area contributed by atoms with Crippen molar-refractivity contribution in [2.45, 2.75) is 156 Å². The molecule has 748 valence electrons. The summed E-state index contributed by atoms with van der Waals surface area (Å²) in [5, 5.41) is 19.0. The van der Waals surface area contributed by atoms with Crippen LogP contribution in [0, 0.1) is 148 Å². The summed E-state index contributed by atoms with van der Waals surface area (Å²) in [6, 6.07) is 28.5. The van der Waals surface area contributed by atoms with Gasteiger partial charge in [0.05, 0.1) is 68.0 Å². The third-order valence-corrected chi connectivity index (χ3v) is 30.6. The lowest BCUT2D eigenvalue weighted by Gasteiger charge is -2.34. The number of aryl methyl sites for hydroxylation is 1. The van der Waals surface area contributed by atoms with Crippen molar-refractivity contribution >= 4 is 92.4 Å². The van der Waals surface area contributed by atoms with Crippen molar-refractivity contribution in [3.05, 3.63) is 310 Å². The minimum Gasteiger partial charge on any atom is -0.463 e. The van der Waals surface area contributed by atoms with Crippen LogP contribution in [-0.4, -0.2) is 119 Å². The number of aliphatic imine (C=N–C) groups is 5. The highest BCUT2D eigenvalue weighted by atomic mass is 35.5. The second-order valence-electron chi connectivity index (χ2n) is 38.4. The molecule has 0 bridgehead atoms. The Morgan fingerprint density at radius 2 is 0.828 bits per heavy atom. The van der Waals surface area contributed by atoms with E-state index in [2.05, 4.69) is 67.7 Å². The van der Waals surface area contributed by atoms with E-state index in [1.165, 1.54) is 122 Å². The standard InChI is InChI=1S/C22H19F3N4O2.C22H19F3N4O.C21H20ClF2N3OS.C21H18F2N4O.C20H18ClF2N3O/c1-2-3-31-20-10-27-17(9-28-20)18(30)6-12-4-15(21(25)16(24)5-12)22(11-23)14-7-13(14)8-19(26)29-22;1-11-2-13(8-26)9-28-21(11)18(30)5-12-3-16(20(25)17(24)4-12)22(10-23)15-6-14(15)7-19(27)29-22;1-3-21-9-17(21)20(2,27-19(25)29-21)13-6-11(7-14(23)18(13)24)8-16(28)15-5-4-12(22)10-26-15;22-11-21(15-7-14(15)8-20(25)27-21)16-5-12(1-3-17(16)23)6-19(28)18-4-2-13(9-24)10-26-18;1-20(13-7-11(13)8-18(24)26-20)14-4-10(5-15(22)19(14)23)6-17(27)16-3-2-12(21)9-25-16/h1,4-5,9-10,13-14H,3,6-8,11H2,(H2,26,29);2-4,9,14-15H,5-7,10H2,1H3,(H2,27,29);4-7,10,17H,3,8-9H2,1-2H3,(H2,25,27);1-5,10,14-15H,6-8,11H2,(H2,25,27);2-5,9,11,13H,6-8H2,1H3,(H2,24,26)/t13-,14-,22+;14-,15-,22+;17-,20+,21-;14-,15-,21+;11-,13-,20+/m11011/s1. The third kappa shape index (κ3) is 21.4. The number of rotatable bonds is 26. The minimum absolute atomic E-state index is 0.00474. The first-order chi connectivity index (χ1) is 69.1. The van der Waals surface area contributed by atoms with E-state index in [1.807, 2.05) is 12.1 Å². The number of amidine groups is 5. The van der Waals surface area contributed by atoms with Gasteiger partial charge in [0.1, 0.15) is 83.1 Å². The third-order valence-electron chi connectivity index (χ3n) is 28.7. The van der Waals surface area contributed by atoms with Gasteiger partial charge in [-0.2, -0.15) is 10.5 Å². The molecule has 5 aromatic heterocycles. The molecule has 5 aliphatic heterocycles. The number of terminal acetylenes is 1. The number of pyridine rings is 4. The normalized spacial score (nSPS) is 25.6. The molecular formula is C106H94Cl2F12N18O6S. The van der Waals surface area contributed by atoms with Crippen LogP contribution < -0.4 is 33.4 Å². The number of hydrogen-bond acceptors (Lipinski definition) is 25. The van der Waals surface area contributed by atoms with Crippen LogP contribution >= 0.6 is 35.0 Å². The number of ether oxygens (including phenoxy) is 1. The first-order valence-electron chi connectivity index (χ1n) is 46.4. The summed E-state index contributed by atoms with van der Waals surface area (Å²) in [5.41, 5.74) is 27.0. The molecule has 5 aromatic carbocycles. The van der Waals surface area contributed by atoms with Gasteiger partial charge in [-0.05, 0) is 243 Å². The molecule has 24 nitrogen and oxygen atoms in total. The van der Waals surface area contributed by atoms with Crippen LogP contribution in [0.3, 0.4) is 0 Å². The van der Waals surface area contributed by atoms with E-state index < -0.39 is 112 Å². The molecule has 10 N–H and O–H groups in total. The van der Waals surface area contributed by atoms with Gasteiger partial charge in [-0.3, -0.25) is 68.9 Å². The van der Waals surface area contributed by atoms with Crippen molar-refractivity contribution in [2.75, 3.05) is 26.6 Å². The number of hydrogen-bond donors (Lipinski definition) is 5. The molecule has 0 saturated heterocycles. The van der Waals surface area contributed by atoms with Crippen molar-refractivity contribution in [1.82, 2.24) is 29.9 Å². The number of fused-ring (bicyclic) bond motifs is 5. The van der Waals surface area contributed by atoms with Crippen molar-refractivity contribution in [1.29, 1.82) is 10.5 Å². The monoisotopic (exact) mass is 2040 g/mol. The smallest absolute Gasteiger partial charge is 0.233 e. The highest BCUT2D eigenvalue weighted by Gasteiger charge is 2.66. The second kappa shape index (κ2) is 41.6. The molecule has 15 atom stereocenters. The predicted molar refractivity (Wildman–Crippen MR) is 519 cm³/mol.